The highest BCUT2D eigenvalue weighted by molar-refractivity contribution is 7.80. The van der Waals surface area contributed by atoms with Gasteiger partial charge in [-0.1, -0.05) is 37.3 Å². The number of thiocarbonyl (C=S) groups is 1. The molecular formula is C28H39N3O6S. The Morgan fingerprint density at radius 3 is 2.34 bits per heavy atom. The Morgan fingerprint density at radius 2 is 1.74 bits per heavy atom. The molecule has 0 aliphatic rings. The van der Waals surface area contributed by atoms with Gasteiger partial charge in [-0.25, -0.2) is 9.59 Å². The number of ether oxygens (including phenoxy) is 4. The maximum absolute atomic E-state index is 12.6. The number of methoxy groups -OCH3 is 3. The third-order valence-electron chi connectivity index (χ3n) is 6.27. The highest BCUT2D eigenvalue weighted by atomic mass is 32.1. The van der Waals surface area contributed by atoms with Crippen molar-refractivity contribution in [3.05, 3.63) is 59.7 Å². The van der Waals surface area contributed by atoms with Crippen LogP contribution in [0.15, 0.2) is 48.5 Å². The maximum atomic E-state index is 12.6. The number of hydrogen-bond donors (Lipinski definition) is 3. The fourth-order valence-electron chi connectivity index (χ4n) is 4.12. The van der Waals surface area contributed by atoms with Gasteiger partial charge in [0.05, 0.1) is 21.3 Å². The van der Waals surface area contributed by atoms with Gasteiger partial charge in [0.25, 0.3) is 0 Å². The van der Waals surface area contributed by atoms with Crippen molar-refractivity contribution in [2.24, 2.45) is 11.7 Å². The Labute approximate surface area is 230 Å². The van der Waals surface area contributed by atoms with Crippen LogP contribution in [0, 0.1) is 5.92 Å². The summed E-state index contributed by atoms with van der Waals surface area (Å²) < 4.78 is 21.2. The number of carbonyl (C=O) groups excluding carboxylic acids is 2. The van der Waals surface area contributed by atoms with E-state index in [0.29, 0.717) is 42.9 Å². The maximum Gasteiger partial charge on any atom is 0.413 e. The van der Waals surface area contributed by atoms with E-state index in [9.17, 15) is 9.59 Å². The molecule has 9 nitrogen and oxygen atoms in total. The molecule has 0 fully saturated rings. The Hall–Kier alpha value is -3.37. The first kappa shape index (κ1) is 30.9. The van der Waals surface area contributed by atoms with Crippen molar-refractivity contribution in [1.82, 2.24) is 10.6 Å². The molecule has 0 aliphatic heterocycles. The van der Waals surface area contributed by atoms with E-state index >= 15 is 0 Å². The molecule has 4 N–H and O–H groups in total. The summed E-state index contributed by atoms with van der Waals surface area (Å²) in [5.74, 6) is 0.874. The highest BCUT2D eigenvalue weighted by Gasteiger charge is 2.39. The number of nitrogens with two attached hydrogens (primary N) is 1. The first-order valence-corrected chi connectivity index (χ1v) is 12.8. The lowest BCUT2D eigenvalue weighted by Gasteiger charge is -2.31. The number of hydrogen-bond acceptors (Lipinski definition) is 8. The number of nitrogens with one attached hydrogen (secondary N) is 2. The zero-order valence-electron chi connectivity index (χ0n) is 23.0. The zero-order valence-corrected chi connectivity index (χ0v) is 23.8. The number of carbonyl (C=O) groups is 2. The van der Waals surface area contributed by atoms with Crippen molar-refractivity contribution >= 4 is 29.4 Å². The molecule has 38 heavy (non-hydrogen) atoms. The quantitative estimate of drug-likeness (QED) is 0.263. The molecule has 208 valence electrons. The lowest BCUT2D eigenvalue weighted by molar-refractivity contribution is -0.148. The van der Waals surface area contributed by atoms with Crippen molar-refractivity contribution in [3.8, 4) is 11.5 Å². The van der Waals surface area contributed by atoms with Crippen LogP contribution in [0.4, 0.5) is 4.79 Å². The molecule has 0 bridgehead atoms. The summed E-state index contributed by atoms with van der Waals surface area (Å²) in [6, 6.07) is 14.6. The topological polar surface area (TPSA) is 121 Å². The molecule has 2 aromatic carbocycles. The van der Waals surface area contributed by atoms with E-state index in [1.165, 1.54) is 7.11 Å². The number of benzene rings is 2. The molecule has 1 amide bonds. The number of alkyl carbamates (subject to hydrolysis) is 1. The molecule has 0 saturated heterocycles. The van der Waals surface area contributed by atoms with Crippen LogP contribution in [0.5, 0.6) is 11.5 Å². The SMILES string of the molecule is COC(=O)[C@@](N)(CC(C)CCC(C)(C)OC(=O)NC(=S)NCc1ccc(OC)cc1OC)c1ccccc1. The van der Waals surface area contributed by atoms with Crippen molar-refractivity contribution in [2.45, 2.75) is 57.7 Å². The van der Waals surface area contributed by atoms with Crippen LogP contribution in [-0.4, -0.2) is 44.1 Å². The minimum atomic E-state index is -1.26. The second kappa shape index (κ2) is 14.0. The molecule has 0 aliphatic carbocycles. The smallest absolute Gasteiger partial charge is 0.413 e. The van der Waals surface area contributed by atoms with E-state index in [1.807, 2.05) is 63.2 Å². The first-order chi connectivity index (χ1) is 17.9. The van der Waals surface area contributed by atoms with Gasteiger partial charge in [-0.15, -0.1) is 0 Å². The van der Waals surface area contributed by atoms with E-state index < -0.39 is 23.2 Å². The third kappa shape index (κ3) is 8.88. The van der Waals surface area contributed by atoms with Crippen LogP contribution in [0.1, 0.15) is 51.2 Å². The average Bonchev–Trinajstić information content (AvgIpc) is 2.90. The van der Waals surface area contributed by atoms with Crippen LogP contribution in [0.3, 0.4) is 0 Å². The van der Waals surface area contributed by atoms with E-state index in [0.717, 1.165) is 5.56 Å². The molecule has 0 radical (unpaired) electrons. The molecule has 2 aromatic rings. The van der Waals surface area contributed by atoms with E-state index in [2.05, 4.69) is 10.6 Å². The van der Waals surface area contributed by atoms with Crippen LogP contribution in [-0.2, 0) is 26.4 Å². The van der Waals surface area contributed by atoms with E-state index in [1.54, 1.807) is 20.3 Å². The van der Waals surface area contributed by atoms with Crippen LogP contribution in [0.25, 0.3) is 0 Å². The first-order valence-electron chi connectivity index (χ1n) is 12.4. The van der Waals surface area contributed by atoms with Gasteiger partial charge >= 0.3 is 12.1 Å². The van der Waals surface area contributed by atoms with Gasteiger partial charge in [-0.05, 0) is 68.9 Å². The molecule has 2 rings (SSSR count). The summed E-state index contributed by atoms with van der Waals surface area (Å²) >= 11 is 5.25. The minimum Gasteiger partial charge on any atom is -0.497 e. The summed E-state index contributed by atoms with van der Waals surface area (Å²) in [6.07, 6.45) is 0.947. The van der Waals surface area contributed by atoms with Crippen molar-refractivity contribution in [1.29, 1.82) is 0 Å². The van der Waals surface area contributed by atoms with Gasteiger partial charge in [0.1, 0.15) is 22.6 Å². The second-order valence-corrected chi connectivity index (χ2v) is 10.2. The van der Waals surface area contributed by atoms with Crippen molar-refractivity contribution in [3.63, 3.8) is 0 Å². The van der Waals surface area contributed by atoms with Crippen molar-refractivity contribution in [2.75, 3.05) is 21.3 Å². The average molecular weight is 546 g/mol. The molecular weight excluding hydrogens is 506 g/mol. The predicted octanol–water partition coefficient (Wildman–Crippen LogP) is 4.42. The van der Waals surface area contributed by atoms with Crippen LogP contribution < -0.4 is 25.8 Å². The molecule has 2 atom stereocenters. The summed E-state index contributed by atoms with van der Waals surface area (Å²) in [4.78, 5) is 25.1. The number of rotatable bonds is 12. The summed E-state index contributed by atoms with van der Waals surface area (Å²) in [7, 11) is 4.48. The molecule has 10 heteroatoms. The minimum absolute atomic E-state index is 0.0486. The van der Waals surface area contributed by atoms with Gasteiger partial charge in [0.15, 0.2) is 5.11 Å². The molecule has 0 saturated carbocycles. The largest absolute Gasteiger partial charge is 0.497 e. The van der Waals surface area contributed by atoms with Gasteiger partial charge < -0.3 is 30.0 Å². The molecule has 0 spiro atoms. The highest BCUT2D eigenvalue weighted by Crippen LogP contribution is 2.31. The fraction of sp³-hybridized carbons (Fsp3) is 0.464. The van der Waals surface area contributed by atoms with Crippen LogP contribution >= 0.6 is 12.2 Å². The summed E-state index contributed by atoms with van der Waals surface area (Å²) in [6.45, 7) is 6.00. The Bertz CT molecular complexity index is 1100. The lowest BCUT2D eigenvalue weighted by atomic mass is 9.80. The number of esters is 1. The number of amides is 1. The third-order valence-corrected chi connectivity index (χ3v) is 6.51. The van der Waals surface area contributed by atoms with Gasteiger partial charge in [-0.2, -0.15) is 0 Å². The molecule has 1 unspecified atom stereocenters. The zero-order chi connectivity index (χ0) is 28.3. The van der Waals surface area contributed by atoms with E-state index in [4.69, 9.17) is 36.9 Å². The molecule has 0 aromatic heterocycles. The Morgan fingerprint density at radius 1 is 1.05 bits per heavy atom. The molecule has 0 heterocycles. The second-order valence-electron chi connectivity index (χ2n) is 9.81. The van der Waals surface area contributed by atoms with Gasteiger partial charge in [0.2, 0.25) is 0 Å². The fourth-order valence-corrected chi connectivity index (χ4v) is 4.28. The van der Waals surface area contributed by atoms with E-state index in [-0.39, 0.29) is 11.0 Å². The predicted molar refractivity (Wildman–Crippen MR) is 150 cm³/mol. The monoisotopic (exact) mass is 545 g/mol. The standard InChI is InChI=1S/C28H39N3O6S/c1-19(17-28(29,24(32)36-6)21-10-8-7-9-11-21)14-15-27(2,3)37-26(33)31-25(38)30-18-20-12-13-22(34-4)16-23(20)35-5/h7-13,16,19H,14-15,17-18,29H2,1-6H3,(H2,30,31,33,38)/t19?,28-/m1/s1. The van der Waals surface area contributed by atoms with Crippen molar-refractivity contribution < 1.29 is 28.5 Å². The van der Waals surface area contributed by atoms with Gasteiger partial charge in [-0.3, -0.25) is 5.32 Å². The Kier molecular flexibility index (Phi) is 11.3. The summed E-state index contributed by atoms with van der Waals surface area (Å²) in [5, 5.41) is 5.66. The lowest BCUT2D eigenvalue weighted by Crippen LogP contribution is -2.47. The van der Waals surface area contributed by atoms with Gasteiger partial charge in [0, 0.05) is 18.2 Å². The van der Waals surface area contributed by atoms with Crippen LogP contribution in [0.2, 0.25) is 0 Å². The Balaban J connectivity index is 1.87. The normalized spacial score (nSPS) is 13.4. The summed E-state index contributed by atoms with van der Waals surface area (Å²) in [5.41, 5.74) is 6.05.